The van der Waals surface area contributed by atoms with Gasteiger partial charge in [-0.25, -0.2) is 17.6 Å². The summed E-state index contributed by atoms with van der Waals surface area (Å²) in [4.78, 5) is 13.4. The van der Waals surface area contributed by atoms with Gasteiger partial charge in [-0.05, 0) is 78.7 Å². The number of rotatable bonds is 7. The predicted molar refractivity (Wildman–Crippen MR) is 169 cm³/mol. The summed E-state index contributed by atoms with van der Waals surface area (Å²) in [6.07, 6.45) is 0.698. The minimum Gasteiger partial charge on any atom is -0.508 e. The van der Waals surface area contributed by atoms with Crippen LogP contribution in [0.25, 0.3) is 32.8 Å². The molecule has 46 heavy (non-hydrogen) atoms. The third-order valence-corrected chi connectivity index (χ3v) is 10.6. The van der Waals surface area contributed by atoms with Crippen LogP contribution >= 0.6 is 0 Å². The van der Waals surface area contributed by atoms with Crippen molar-refractivity contribution in [1.82, 2.24) is 20.2 Å². The van der Waals surface area contributed by atoms with Gasteiger partial charge in [-0.1, -0.05) is 25.1 Å². The van der Waals surface area contributed by atoms with Crippen LogP contribution in [0.15, 0.2) is 36.4 Å². The number of piperazine rings is 1. The lowest BCUT2D eigenvalue weighted by Crippen LogP contribution is -2.51. The summed E-state index contributed by atoms with van der Waals surface area (Å²) in [6, 6.07) is 10.1. The second kappa shape index (κ2) is 11.2. The lowest BCUT2D eigenvalue weighted by molar-refractivity contribution is 0.107. The number of aryl methyl sites for hydroxylation is 1. The quantitative estimate of drug-likeness (QED) is 0.219. The zero-order valence-electron chi connectivity index (χ0n) is 25.7. The molecule has 0 aliphatic carbocycles. The molecular weight excluding hydrogens is 598 g/mol. The van der Waals surface area contributed by atoms with Crippen LogP contribution in [0.1, 0.15) is 56.6 Å². The predicted octanol–water partition coefficient (Wildman–Crippen LogP) is 6.69. The molecule has 4 fully saturated rings. The molecule has 4 atom stereocenters. The molecule has 1 aromatic heterocycles. The molecular formula is C35H37F4N5O2. The zero-order chi connectivity index (χ0) is 31.7. The number of anilines is 1. The Morgan fingerprint density at radius 2 is 1.91 bits per heavy atom. The molecule has 11 heteroatoms. The van der Waals surface area contributed by atoms with E-state index in [0.717, 1.165) is 37.8 Å². The number of halogens is 4. The van der Waals surface area contributed by atoms with Crippen LogP contribution in [0.4, 0.5) is 23.4 Å². The van der Waals surface area contributed by atoms with Gasteiger partial charge in [-0.2, -0.15) is 9.97 Å². The molecule has 2 N–H and O–H groups in total. The molecule has 4 aliphatic heterocycles. The van der Waals surface area contributed by atoms with Gasteiger partial charge in [0.1, 0.15) is 29.9 Å². The van der Waals surface area contributed by atoms with Crippen LogP contribution in [0, 0.1) is 5.82 Å². The lowest BCUT2D eigenvalue weighted by Gasteiger charge is -2.35. The number of nitrogens with one attached hydrogen (secondary N) is 1. The molecule has 0 saturated carbocycles. The van der Waals surface area contributed by atoms with E-state index in [0.29, 0.717) is 49.1 Å². The number of phenols is 1. The number of hydrogen-bond acceptors (Lipinski definition) is 7. The molecule has 0 amide bonds. The highest BCUT2D eigenvalue weighted by Gasteiger charge is 2.49. The number of hydrogen-bond donors (Lipinski definition) is 2. The summed E-state index contributed by atoms with van der Waals surface area (Å²) in [7, 11) is 0. The third kappa shape index (κ3) is 4.85. The van der Waals surface area contributed by atoms with Gasteiger partial charge in [0.25, 0.3) is 6.43 Å². The Balaban J connectivity index is 1.33. The molecule has 7 nitrogen and oxygen atoms in total. The first-order chi connectivity index (χ1) is 22.2. The van der Waals surface area contributed by atoms with Crippen molar-refractivity contribution < 1.29 is 27.4 Å². The van der Waals surface area contributed by atoms with Crippen molar-refractivity contribution in [2.45, 2.75) is 75.7 Å². The van der Waals surface area contributed by atoms with E-state index in [9.17, 15) is 18.3 Å². The number of alkyl halides is 3. The lowest BCUT2D eigenvalue weighted by atomic mass is 9.89. The molecule has 4 aliphatic rings. The van der Waals surface area contributed by atoms with E-state index in [-0.39, 0.29) is 52.5 Å². The number of benzene rings is 3. The van der Waals surface area contributed by atoms with Crippen LogP contribution in [0.2, 0.25) is 0 Å². The highest BCUT2D eigenvalue weighted by atomic mass is 19.3. The summed E-state index contributed by atoms with van der Waals surface area (Å²) >= 11 is 0. The largest absolute Gasteiger partial charge is 0.508 e. The molecule has 0 radical (unpaired) electrons. The molecule has 3 unspecified atom stereocenters. The molecule has 8 rings (SSSR count). The van der Waals surface area contributed by atoms with Crippen molar-refractivity contribution in [3.63, 3.8) is 0 Å². The Labute approximate surface area is 264 Å². The monoisotopic (exact) mass is 635 g/mol. The van der Waals surface area contributed by atoms with Crippen molar-refractivity contribution in [3.05, 3.63) is 53.3 Å². The number of phenolic OH excluding ortho intramolecular Hbond substituents is 1. The molecule has 4 aromatic rings. The minimum absolute atomic E-state index is 0.0541. The van der Waals surface area contributed by atoms with Gasteiger partial charge < -0.3 is 20.1 Å². The first kappa shape index (κ1) is 29.7. The minimum atomic E-state index is -3.01. The van der Waals surface area contributed by atoms with E-state index >= 15 is 4.39 Å². The van der Waals surface area contributed by atoms with E-state index < -0.39 is 29.5 Å². The fourth-order valence-corrected chi connectivity index (χ4v) is 8.56. The van der Waals surface area contributed by atoms with Crippen LogP contribution in [0.3, 0.4) is 0 Å². The van der Waals surface area contributed by atoms with E-state index in [1.165, 1.54) is 12.1 Å². The smallest absolute Gasteiger partial charge is 0.319 e. The number of ether oxygens (including phenoxy) is 1. The highest BCUT2D eigenvalue weighted by molar-refractivity contribution is 6.04. The van der Waals surface area contributed by atoms with Gasteiger partial charge in [-0.15, -0.1) is 0 Å². The van der Waals surface area contributed by atoms with Gasteiger partial charge in [0.15, 0.2) is 5.82 Å². The van der Waals surface area contributed by atoms with Crippen LogP contribution in [-0.4, -0.2) is 76.6 Å². The fraction of sp³-hybridized carbons (Fsp3) is 0.486. The molecule has 2 bridgehead atoms. The Morgan fingerprint density at radius 1 is 1.11 bits per heavy atom. The average molecular weight is 636 g/mol. The second-order valence-corrected chi connectivity index (χ2v) is 13.5. The first-order valence-electron chi connectivity index (χ1n) is 16.3. The van der Waals surface area contributed by atoms with Crippen LogP contribution in [0.5, 0.6) is 11.8 Å². The zero-order valence-corrected chi connectivity index (χ0v) is 25.7. The third-order valence-electron chi connectivity index (χ3n) is 10.6. The van der Waals surface area contributed by atoms with Gasteiger partial charge in [0, 0.05) is 54.7 Å². The Bertz CT molecular complexity index is 1830. The summed E-state index contributed by atoms with van der Waals surface area (Å²) < 4.78 is 67.8. The van der Waals surface area contributed by atoms with Crippen LogP contribution in [-0.2, 0) is 6.42 Å². The second-order valence-electron chi connectivity index (χ2n) is 13.5. The number of nitrogens with zero attached hydrogens (tertiary/aromatic N) is 4. The molecule has 242 valence electrons. The maximum Gasteiger partial charge on any atom is 0.319 e. The summed E-state index contributed by atoms with van der Waals surface area (Å²) in [5.74, 6) is -0.707. The Morgan fingerprint density at radius 3 is 2.67 bits per heavy atom. The Kier molecular flexibility index (Phi) is 7.24. The number of aromatic hydroxyl groups is 1. The van der Waals surface area contributed by atoms with E-state index in [1.807, 2.05) is 24.0 Å². The van der Waals surface area contributed by atoms with Gasteiger partial charge in [-0.3, -0.25) is 4.90 Å². The average Bonchev–Trinajstić information content (AvgIpc) is 3.68. The molecule has 4 saturated heterocycles. The van der Waals surface area contributed by atoms with Gasteiger partial charge >= 0.3 is 6.01 Å². The van der Waals surface area contributed by atoms with Crippen LogP contribution < -0.4 is 15.0 Å². The van der Waals surface area contributed by atoms with Crippen molar-refractivity contribution in [1.29, 1.82) is 0 Å². The van der Waals surface area contributed by atoms with Crippen molar-refractivity contribution in [2.24, 2.45) is 0 Å². The maximum atomic E-state index is 17.1. The van der Waals surface area contributed by atoms with E-state index in [1.54, 1.807) is 12.1 Å². The maximum absolute atomic E-state index is 17.1. The van der Waals surface area contributed by atoms with Gasteiger partial charge in [0.2, 0.25) is 0 Å². The van der Waals surface area contributed by atoms with Crippen molar-refractivity contribution in [2.75, 3.05) is 37.7 Å². The summed E-state index contributed by atoms with van der Waals surface area (Å²) in [5, 5.41) is 15.6. The standard InChI is InChI=1S/C35H37F4N5O2/c1-2-19-5-3-6-20-11-24(45)12-25(28(19)20)29-26(32(38)39)13-27-31(30(29)37)41-34(42-33(27)43-16-22-7-8-23(17-43)40-22)46-18-35-9-4-10-44(35)15-21(36)14-35/h3,5-6,11-13,21-23,32,40,45H,2,4,7-10,14-18H2,1H3/t21-,22?,23?,35?/m1/s1. The topological polar surface area (TPSA) is 73.8 Å². The van der Waals surface area contributed by atoms with E-state index in [2.05, 4.69) is 15.2 Å². The normalized spacial score (nSPS) is 26.1. The first-order valence-corrected chi connectivity index (χ1v) is 16.3. The molecule has 0 spiro atoms. The highest BCUT2D eigenvalue weighted by Crippen LogP contribution is 2.45. The SMILES string of the molecule is CCc1cccc2cc(O)cc(-c3c(C(F)F)cc4c(N5CC6CCC(C5)N6)nc(OCC56CCCN5C[C@H](F)C6)nc4c3F)c12. The molecule has 3 aromatic carbocycles. The van der Waals surface area contributed by atoms with Gasteiger partial charge in [0.05, 0.1) is 5.54 Å². The summed E-state index contributed by atoms with van der Waals surface area (Å²) in [5.41, 5.74) is -0.334. The number of fused-ring (bicyclic) bond motifs is 5. The van der Waals surface area contributed by atoms with Crippen molar-refractivity contribution >= 4 is 27.5 Å². The van der Waals surface area contributed by atoms with E-state index in [4.69, 9.17) is 9.72 Å². The summed E-state index contributed by atoms with van der Waals surface area (Å²) in [6.45, 7) is 4.44. The Hall–Kier alpha value is -3.70. The number of aromatic nitrogens is 2. The molecule has 5 heterocycles. The van der Waals surface area contributed by atoms with Crippen molar-refractivity contribution in [3.8, 4) is 22.9 Å². The fourth-order valence-electron chi connectivity index (χ4n) is 8.56.